The first kappa shape index (κ1) is 13.3. The third-order valence-electron chi connectivity index (χ3n) is 2.35. The molecule has 5 nitrogen and oxygen atoms in total. The van der Waals surface area contributed by atoms with Crippen LogP contribution in [0.15, 0.2) is 36.5 Å². The predicted molar refractivity (Wildman–Crippen MR) is 71.4 cm³/mol. The number of halogens is 2. The van der Waals surface area contributed by atoms with Crippen LogP contribution in [0.5, 0.6) is 0 Å². The van der Waals surface area contributed by atoms with Crippen molar-refractivity contribution in [2.24, 2.45) is 5.84 Å². The number of hydrazine groups is 1. The molecule has 0 atom stereocenters. The first-order chi connectivity index (χ1) is 9.10. The second-order valence-electron chi connectivity index (χ2n) is 3.65. The van der Waals surface area contributed by atoms with Crippen LogP contribution < -0.4 is 16.6 Å². The molecular formula is C12H10ClFN4O. The van der Waals surface area contributed by atoms with Gasteiger partial charge in [0.15, 0.2) is 0 Å². The average molecular weight is 281 g/mol. The van der Waals surface area contributed by atoms with Crippen molar-refractivity contribution < 1.29 is 9.18 Å². The zero-order valence-corrected chi connectivity index (χ0v) is 10.4. The van der Waals surface area contributed by atoms with Crippen LogP contribution in [0.1, 0.15) is 10.4 Å². The molecule has 0 spiro atoms. The molecule has 0 saturated heterocycles. The van der Waals surface area contributed by atoms with Crippen molar-refractivity contribution in [1.29, 1.82) is 0 Å². The van der Waals surface area contributed by atoms with Crippen LogP contribution in [0.3, 0.4) is 0 Å². The van der Waals surface area contributed by atoms with Crippen LogP contribution in [0.25, 0.3) is 0 Å². The van der Waals surface area contributed by atoms with Gasteiger partial charge in [0.2, 0.25) is 0 Å². The number of nitrogens with one attached hydrogen (secondary N) is 2. The minimum Gasteiger partial charge on any atom is -0.321 e. The third-order valence-corrected chi connectivity index (χ3v) is 2.68. The Balaban J connectivity index is 2.22. The molecule has 0 bridgehead atoms. The Morgan fingerprint density at radius 3 is 2.84 bits per heavy atom. The Kier molecular flexibility index (Phi) is 3.94. The molecule has 1 aromatic heterocycles. The summed E-state index contributed by atoms with van der Waals surface area (Å²) in [5, 5.41) is 2.76. The summed E-state index contributed by atoms with van der Waals surface area (Å²) in [5.41, 5.74) is 2.85. The molecule has 2 aromatic rings. The van der Waals surface area contributed by atoms with Crippen LogP contribution in [0.2, 0.25) is 5.02 Å². The topological polar surface area (TPSA) is 80.0 Å². The number of anilines is 2. The third kappa shape index (κ3) is 3.18. The Labute approximate surface area is 113 Å². The Bertz CT molecular complexity index is 620. The standard InChI is InChI=1S/C12H10ClFN4O/c13-9-2-1-8(14)6-10(9)17-12(19)7-3-4-16-11(5-7)18-15/h1-6H,15H2,(H,16,18)(H,17,19). The maximum atomic E-state index is 13.1. The quantitative estimate of drug-likeness (QED) is 0.596. The highest BCUT2D eigenvalue weighted by Crippen LogP contribution is 2.23. The molecule has 2 rings (SSSR count). The Morgan fingerprint density at radius 2 is 2.11 bits per heavy atom. The number of hydrogen-bond acceptors (Lipinski definition) is 4. The number of nitrogen functional groups attached to an aromatic ring is 1. The Morgan fingerprint density at radius 1 is 1.32 bits per heavy atom. The molecule has 7 heteroatoms. The second kappa shape index (κ2) is 5.64. The molecule has 98 valence electrons. The number of benzene rings is 1. The lowest BCUT2D eigenvalue weighted by Crippen LogP contribution is -2.14. The van der Waals surface area contributed by atoms with Crippen LogP contribution in [-0.2, 0) is 0 Å². The fourth-order valence-corrected chi connectivity index (χ4v) is 1.60. The van der Waals surface area contributed by atoms with Crippen LogP contribution in [-0.4, -0.2) is 10.9 Å². The highest BCUT2D eigenvalue weighted by Gasteiger charge is 2.10. The zero-order valence-electron chi connectivity index (χ0n) is 9.65. The molecule has 0 aliphatic heterocycles. The molecule has 0 aliphatic carbocycles. The van der Waals surface area contributed by atoms with E-state index >= 15 is 0 Å². The number of nitrogens with two attached hydrogens (primary N) is 1. The molecule has 1 aromatic carbocycles. The fourth-order valence-electron chi connectivity index (χ4n) is 1.44. The van der Waals surface area contributed by atoms with E-state index in [1.54, 1.807) is 0 Å². The van der Waals surface area contributed by atoms with E-state index in [-0.39, 0.29) is 10.7 Å². The van der Waals surface area contributed by atoms with E-state index in [1.807, 2.05) is 0 Å². The number of hydrogen-bond donors (Lipinski definition) is 3. The van der Waals surface area contributed by atoms with Crippen molar-refractivity contribution in [3.05, 3.63) is 52.9 Å². The fraction of sp³-hybridized carbons (Fsp3) is 0. The van der Waals surface area contributed by atoms with Gasteiger partial charge in [-0.1, -0.05) is 11.6 Å². The van der Waals surface area contributed by atoms with E-state index in [9.17, 15) is 9.18 Å². The van der Waals surface area contributed by atoms with Gasteiger partial charge in [-0.05, 0) is 30.3 Å². The normalized spacial score (nSPS) is 10.1. The summed E-state index contributed by atoms with van der Waals surface area (Å²) in [6.45, 7) is 0. The highest BCUT2D eigenvalue weighted by molar-refractivity contribution is 6.33. The van der Waals surface area contributed by atoms with Gasteiger partial charge in [0, 0.05) is 11.8 Å². The number of carbonyl (C=O) groups is 1. The smallest absolute Gasteiger partial charge is 0.255 e. The number of pyridine rings is 1. The summed E-state index contributed by atoms with van der Waals surface area (Å²) in [7, 11) is 0. The van der Waals surface area contributed by atoms with Crippen molar-refractivity contribution in [3.8, 4) is 0 Å². The van der Waals surface area contributed by atoms with E-state index < -0.39 is 11.7 Å². The molecule has 0 unspecified atom stereocenters. The van der Waals surface area contributed by atoms with Gasteiger partial charge in [0.25, 0.3) is 5.91 Å². The molecule has 0 radical (unpaired) electrons. The van der Waals surface area contributed by atoms with Crippen molar-refractivity contribution in [2.75, 3.05) is 10.7 Å². The van der Waals surface area contributed by atoms with E-state index in [4.69, 9.17) is 17.4 Å². The number of carbonyl (C=O) groups excluding carboxylic acids is 1. The van der Waals surface area contributed by atoms with Gasteiger partial charge in [-0.3, -0.25) is 4.79 Å². The van der Waals surface area contributed by atoms with E-state index in [0.29, 0.717) is 11.4 Å². The lowest BCUT2D eigenvalue weighted by Gasteiger charge is -2.08. The zero-order chi connectivity index (χ0) is 13.8. The summed E-state index contributed by atoms with van der Waals surface area (Å²) < 4.78 is 13.1. The molecule has 0 aliphatic rings. The highest BCUT2D eigenvalue weighted by atomic mass is 35.5. The minimum atomic E-state index is -0.487. The van der Waals surface area contributed by atoms with Gasteiger partial charge in [0.05, 0.1) is 10.7 Å². The molecule has 19 heavy (non-hydrogen) atoms. The summed E-state index contributed by atoms with van der Waals surface area (Å²) >= 11 is 5.86. The van der Waals surface area contributed by atoms with Crippen molar-refractivity contribution in [2.45, 2.75) is 0 Å². The molecule has 0 saturated carbocycles. The maximum Gasteiger partial charge on any atom is 0.255 e. The first-order valence-corrected chi connectivity index (χ1v) is 5.67. The van der Waals surface area contributed by atoms with Crippen LogP contribution >= 0.6 is 11.6 Å². The van der Waals surface area contributed by atoms with Gasteiger partial charge in [0.1, 0.15) is 11.6 Å². The summed E-state index contributed by atoms with van der Waals surface area (Å²) in [6, 6.07) is 6.68. The molecule has 0 fully saturated rings. The largest absolute Gasteiger partial charge is 0.321 e. The van der Waals surface area contributed by atoms with Crippen LogP contribution in [0, 0.1) is 5.82 Å². The molecule has 4 N–H and O–H groups in total. The van der Waals surface area contributed by atoms with Gasteiger partial charge >= 0.3 is 0 Å². The number of rotatable bonds is 3. The summed E-state index contributed by atoms with van der Waals surface area (Å²) in [6.07, 6.45) is 1.43. The summed E-state index contributed by atoms with van der Waals surface area (Å²) in [5.74, 6) is 4.62. The number of aromatic nitrogens is 1. The number of amides is 1. The lowest BCUT2D eigenvalue weighted by atomic mass is 10.2. The first-order valence-electron chi connectivity index (χ1n) is 5.29. The minimum absolute atomic E-state index is 0.200. The lowest BCUT2D eigenvalue weighted by molar-refractivity contribution is 0.102. The van der Waals surface area contributed by atoms with Crippen LogP contribution in [0.4, 0.5) is 15.9 Å². The van der Waals surface area contributed by atoms with Crippen molar-refractivity contribution in [1.82, 2.24) is 4.98 Å². The maximum absolute atomic E-state index is 13.1. The predicted octanol–water partition coefficient (Wildman–Crippen LogP) is 2.41. The van der Waals surface area contributed by atoms with E-state index in [1.165, 1.54) is 30.5 Å². The van der Waals surface area contributed by atoms with Crippen molar-refractivity contribution >= 4 is 29.0 Å². The Hall–Kier alpha value is -2.18. The van der Waals surface area contributed by atoms with Gasteiger partial charge in [-0.15, -0.1) is 0 Å². The molecular weight excluding hydrogens is 271 g/mol. The molecule has 1 amide bonds. The summed E-state index contributed by atoms with van der Waals surface area (Å²) in [4.78, 5) is 15.8. The average Bonchev–Trinajstić information content (AvgIpc) is 2.43. The molecule has 1 heterocycles. The van der Waals surface area contributed by atoms with Crippen molar-refractivity contribution in [3.63, 3.8) is 0 Å². The monoisotopic (exact) mass is 280 g/mol. The van der Waals surface area contributed by atoms with E-state index in [2.05, 4.69) is 15.7 Å². The van der Waals surface area contributed by atoms with Gasteiger partial charge in [-0.25, -0.2) is 15.2 Å². The van der Waals surface area contributed by atoms with Gasteiger partial charge < -0.3 is 10.7 Å². The number of nitrogens with zero attached hydrogens (tertiary/aromatic N) is 1. The van der Waals surface area contributed by atoms with E-state index in [0.717, 1.165) is 6.07 Å². The SMILES string of the molecule is NNc1cc(C(=O)Nc2cc(F)ccc2Cl)ccn1. The second-order valence-corrected chi connectivity index (χ2v) is 4.06. The van der Waals surface area contributed by atoms with Gasteiger partial charge in [-0.2, -0.15) is 0 Å².